The van der Waals surface area contributed by atoms with Crippen LogP contribution in [0, 0.1) is 5.82 Å². The molecule has 1 aromatic rings. The Labute approximate surface area is 118 Å². The van der Waals surface area contributed by atoms with Gasteiger partial charge in [0.2, 0.25) is 5.91 Å². The largest absolute Gasteiger partial charge is 0.494 e. The van der Waals surface area contributed by atoms with Gasteiger partial charge in [0.25, 0.3) is 0 Å². The van der Waals surface area contributed by atoms with Crippen molar-refractivity contribution in [1.82, 2.24) is 5.32 Å². The van der Waals surface area contributed by atoms with E-state index >= 15 is 0 Å². The van der Waals surface area contributed by atoms with Gasteiger partial charge in [0, 0.05) is 0 Å². The van der Waals surface area contributed by atoms with Crippen LogP contribution in [-0.2, 0) is 4.79 Å². The topological polar surface area (TPSA) is 64.4 Å². The van der Waals surface area contributed by atoms with E-state index in [-0.39, 0.29) is 30.1 Å². The smallest absolute Gasteiger partial charge is 0.237 e. The third kappa shape index (κ3) is 4.69. The molecule has 0 saturated heterocycles. The maximum atomic E-state index is 13.5. The summed E-state index contributed by atoms with van der Waals surface area (Å²) in [5, 5.41) is 2.74. The minimum atomic E-state index is -0.532. The Bertz CT molecular complexity index is 429. The Balaban J connectivity index is 0.00000324. The lowest BCUT2D eigenvalue weighted by Gasteiger charge is -2.17. The summed E-state index contributed by atoms with van der Waals surface area (Å²) in [7, 11) is 1.41. The van der Waals surface area contributed by atoms with Crippen LogP contribution < -0.4 is 15.8 Å². The second-order valence-corrected chi connectivity index (χ2v) is 4.14. The highest BCUT2D eigenvalue weighted by Crippen LogP contribution is 2.21. The summed E-state index contributed by atoms with van der Waals surface area (Å²) >= 11 is 0. The normalized spacial score (nSPS) is 13.1. The molecule has 0 saturated carbocycles. The van der Waals surface area contributed by atoms with Gasteiger partial charge in [0.1, 0.15) is 0 Å². The van der Waals surface area contributed by atoms with E-state index in [1.165, 1.54) is 19.2 Å². The summed E-state index contributed by atoms with van der Waals surface area (Å²) in [4.78, 5) is 11.6. The number of carbonyl (C=O) groups excluding carboxylic acids is 1. The van der Waals surface area contributed by atoms with Crippen molar-refractivity contribution in [2.45, 2.75) is 32.4 Å². The van der Waals surface area contributed by atoms with Gasteiger partial charge in [0.15, 0.2) is 11.6 Å². The molecule has 0 aliphatic heterocycles. The average molecular weight is 291 g/mol. The highest BCUT2D eigenvalue weighted by atomic mass is 35.5. The molecule has 3 N–H and O–H groups in total. The van der Waals surface area contributed by atoms with Crippen molar-refractivity contribution in [1.29, 1.82) is 0 Å². The third-order valence-electron chi connectivity index (χ3n) is 2.81. The van der Waals surface area contributed by atoms with E-state index in [0.717, 1.165) is 0 Å². The first-order chi connectivity index (χ1) is 8.49. The number of hydrogen-bond acceptors (Lipinski definition) is 3. The maximum Gasteiger partial charge on any atom is 0.237 e. The van der Waals surface area contributed by atoms with Gasteiger partial charge in [-0.15, -0.1) is 12.4 Å². The van der Waals surface area contributed by atoms with Gasteiger partial charge in [-0.05, 0) is 31.0 Å². The Morgan fingerprint density at radius 3 is 2.63 bits per heavy atom. The molecule has 0 spiro atoms. The maximum absolute atomic E-state index is 13.5. The summed E-state index contributed by atoms with van der Waals surface area (Å²) in [5.74, 6) is -0.500. The number of nitrogens with one attached hydrogen (secondary N) is 1. The van der Waals surface area contributed by atoms with E-state index in [9.17, 15) is 9.18 Å². The number of nitrogens with two attached hydrogens (primary N) is 1. The lowest BCUT2D eigenvalue weighted by Crippen LogP contribution is -2.41. The molecule has 4 nitrogen and oxygen atoms in total. The lowest BCUT2D eigenvalue weighted by atomic mass is 10.1. The molecule has 108 valence electrons. The summed E-state index contributed by atoms with van der Waals surface area (Å²) in [6.45, 7) is 3.61. The molecule has 1 unspecified atom stereocenters. The van der Waals surface area contributed by atoms with Crippen molar-refractivity contribution < 1.29 is 13.9 Å². The molecular weight excluding hydrogens is 271 g/mol. The first-order valence-corrected chi connectivity index (χ1v) is 5.89. The second kappa shape index (κ2) is 7.96. The lowest BCUT2D eigenvalue weighted by molar-refractivity contribution is -0.123. The number of carbonyl (C=O) groups is 1. The van der Waals surface area contributed by atoms with Crippen molar-refractivity contribution in [2.24, 2.45) is 5.73 Å². The van der Waals surface area contributed by atoms with Crippen LogP contribution in [-0.4, -0.2) is 19.1 Å². The molecule has 6 heteroatoms. The highest BCUT2D eigenvalue weighted by molar-refractivity contribution is 5.85. The van der Waals surface area contributed by atoms with Gasteiger partial charge >= 0.3 is 0 Å². The molecule has 0 radical (unpaired) electrons. The summed E-state index contributed by atoms with van der Waals surface area (Å²) in [6, 6.07) is 3.77. The van der Waals surface area contributed by atoms with Crippen LogP contribution in [0.25, 0.3) is 0 Å². The van der Waals surface area contributed by atoms with Crippen LogP contribution in [0.5, 0.6) is 5.75 Å². The third-order valence-corrected chi connectivity index (χ3v) is 2.81. The molecule has 2 atom stereocenters. The molecule has 19 heavy (non-hydrogen) atoms. The first-order valence-electron chi connectivity index (χ1n) is 5.89. The molecule has 0 bridgehead atoms. The van der Waals surface area contributed by atoms with Gasteiger partial charge in [-0.2, -0.15) is 0 Å². The minimum absolute atomic E-state index is 0. The molecule has 0 fully saturated rings. The van der Waals surface area contributed by atoms with E-state index in [2.05, 4.69) is 5.32 Å². The van der Waals surface area contributed by atoms with Crippen molar-refractivity contribution in [3.05, 3.63) is 29.6 Å². The molecule has 0 aliphatic carbocycles. The zero-order chi connectivity index (χ0) is 13.7. The number of rotatable bonds is 5. The Morgan fingerprint density at radius 1 is 1.53 bits per heavy atom. The predicted octanol–water partition coefficient (Wildman–Crippen LogP) is 2.17. The van der Waals surface area contributed by atoms with Crippen LogP contribution >= 0.6 is 12.4 Å². The van der Waals surface area contributed by atoms with E-state index in [0.29, 0.717) is 12.0 Å². The molecule has 0 heterocycles. The predicted molar refractivity (Wildman–Crippen MR) is 75.0 cm³/mol. The van der Waals surface area contributed by atoms with Crippen molar-refractivity contribution >= 4 is 18.3 Å². The van der Waals surface area contributed by atoms with Gasteiger partial charge in [-0.1, -0.05) is 13.0 Å². The molecule has 1 aromatic carbocycles. The SMILES string of the molecule is CC[C@H](N)C(=O)NC(C)c1ccc(OC)c(F)c1.Cl. The standard InChI is InChI=1S/C13H19FN2O2.ClH/c1-4-11(15)13(17)16-8(2)9-5-6-12(18-3)10(14)7-9;/h5-8,11H,4,15H2,1-3H3,(H,16,17);1H/t8?,11-;/m0./s1. The van der Waals surface area contributed by atoms with E-state index in [1.54, 1.807) is 13.0 Å². The fraction of sp³-hybridized carbons (Fsp3) is 0.462. The van der Waals surface area contributed by atoms with Gasteiger partial charge in [-0.3, -0.25) is 4.79 Å². The number of halogens is 2. The first kappa shape index (κ1) is 17.7. The van der Waals surface area contributed by atoms with Crippen LogP contribution in [0.1, 0.15) is 31.9 Å². The molecule has 1 rings (SSSR count). The molecule has 1 amide bonds. The van der Waals surface area contributed by atoms with Crippen LogP contribution in [0.2, 0.25) is 0 Å². The van der Waals surface area contributed by atoms with Crippen molar-refractivity contribution in [3.8, 4) is 5.75 Å². The van der Waals surface area contributed by atoms with Crippen LogP contribution in [0.3, 0.4) is 0 Å². The summed E-state index contributed by atoms with van der Waals surface area (Å²) in [6.07, 6.45) is 0.565. The van der Waals surface area contributed by atoms with Crippen molar-refractivity contribution in [3.63, 3.8) is 0 Å². The average Bonchev–Trinajstić information content (AvgIpc) is 2.37. The quantitative estimate of drug-likeness (QED) is 0.873. The Kier molecular flexibility index (Phi) is 7.41. The molecule has 0 aromatic heterocycles. The number of benzene rings is 1. The Morgan fingerprint density at radius 2 is 2.16 bits per heavy atom. The zero-order valence-corrected chi connectivity index (χ0v) is 12.1. The van der Waals surface area contributed by atoms with Crippen LogP contribution in [0.15, 0.2) is 18.2 Å². The highest BCUT2D eigenvalue weighted by Gasteiger charge is 2.16. The fourth-order valence-corrected chi connectivity index (χ4v) is 1.54. The molecule has 0 aliphatic rings. The van der Waals surface area contributed by atoms with Crippen molar-refractivity contribution in [2.75, 3.05) is 7.11 Å². The summed E-state index contributed by atoms with van der Waals surface area (Å²) < 4.78 is 18.3. The van der Waals surface area contributed by atoms with E-state index < -0.39 is 11.9 Å². The van der Waals surface area contributed by atoms with E-state index in [4.69, 9.17) is 10.5 Å². The minimum Gasteiger partial charge on any atom is -0.494 e. The van der Waals surface area contributed by atoms with Gasteiger partial charge < -0.3 is 15.8 Å². The zero-order valence-electron chi connectivity index (χ0n) is 11.3. The second-order valence-electron chi connectivity index (χ2n) is 4.14. The van der Waals surface area contributed by atoms with Gasteiger partial charge in [-0.25, -0.2) is 4.39 Å². The number of hydrogen-bond donors (Lipinski definition) is 2. The fourth-order valence-electron chi connectivity index (χ4n) is 1.54. The summed E-state index contributed by atoms with van der Waals surface area (Å²) in [5.41, 5.74) is 6.28. The number of amides is 1. The number of methoxy groups -OCH3 is 1. The van der Waals surface area contributed by atoms with E-state index in [1.807, 2.05) is 6.92 Å². The van der Waals surface area contributed by atoms with Crippen LogP contribution in [0.4, 0.5) is 4.39 Å². The molecular formula is C13H20ClFN2O2. The monoisotopic (exact) mass is 290 g/mol. The number of ether oxygens (including phenoxy) is 1. The van der Waals surface area contributed by atoms with Gasteiger partial charge in [0.05, 0.1) is 19.2 Å². The Hall–Kier alpha value is -1.33.